The second kappa shape index (κ2) is 6.03. The Bertz CT molecular complexity index is 789. The van der Waals surface area contributed by atoms with Crippen molar-refractivity contribution in [2.24, 2.45) is 0 Å². The number of halogens is 1. The van der Waals surface area contributed by atoms with Crippen molar-refractivity contribution >= 4 is 21.6 Å². The fourth-order valence-corrected chi connectivity index (χ4v) is 5.04. The molecule has 5 heteroatoms. The molecule has 3 rings (SSSR count). The molecule has 1 unspecified atom stereocenters. The van der Waals surface area contributed by atoms with Crippen LogP contribution in [0.4, 0.5) is 0 Å². The summed E-state index contributed by atoms with van der Waals surface area (Å²) >= 11 is 5.95. The molecule has 2 aromatic carbocycles. The zero-order valence-electron chi connectivity index (χ0n) is 12.4. The van der Waals surface area contributed by atoms with Gasteiger partial charge in [0.2, 0.25) is 10.0 Å². The highest BCUT2D eigenvalue weighted by Crippen LogP contribution is 2.37. The topological polar surface area (TPSA) is 37.4 Å². The van der Waals surface area contributed by atoms with E-state index in [1.165, 1.54) is 6.07 Å². The second-order valence-electron chi connectivity index (χ2n) is 5.59. The number of sulfonamides is 1. The van der Waals surface area contributed by atoms with Crippen LogP contribution in [-0.4, -0.2) is 19.3 Å². The van der Waals surface area contributed by atoms with Crippen molar-refractivity contribution in [1.82, 2.24) is 4.31 Å². The maximum Gasteiger partial charge on any atom is 0.243 e. The minimum Gasteiger partial charge on any atom is -0.207 e. The van der Waals surface area contributed by atoms with Gasteiger partial charge in [0.1, 0.15) is 0 Å². The molecule has 1 aliphatic rings. The fraction of sp³-hybridized carbons (Fsp3) is 0.294. The molecule has 1 saturated heterocycles. The molecular weight excluding hydrogens is 318 g/mol. The number of nitrogens with zero attached hydrogens (tertiary/aromatic N) is 1. The van der Waals surface area contributed by atoms with Crippen LogP contribution in [0.3, 0.4) is 0 Å². The largest absolute Gasteiger partial charge is 0.243 e. The number of benzene rings is 2. The minimum atomic E-state index is -3.53. The SMILES string of the molecule is Cc1ccccc1C1CCCN1S(=O)(=O)c1cccc(Cl)c1. The number of hydrogen-bond acceptors (Lipinski definition) is 2. The monoisotopic (exact) mass is 335 g/mol. The van der Waals surface area contributed by atoms with Crippen LogP contribution >= 0.6 is 11.6 Å². The summed E-state index contributed by atoms with van der Waals surface area (Å²) in [4.78, 5) is 0.264. The molecule has 1 aliphatic heterocycles. The molecule has 0 saturated carbocycles. The molecule has 1 atom stereocenters. The van der Waals surface area contributed by atoms with E-state index in [4.69, 9.17) is 11.6 Å². The third-order valence-electron chi connectivity index (χ3n) is 4.15. The van der Waals surface area contributed by atoms with Crippen molar-refractivity contribution in [3.05, 3.63) is 64.7 Å². The Hall–Kier alpha value is -1.36. The van der Waals surface area contributed by atoms with Crippen LogP contribution in [0.5, 0.6) is 0 Å². The van der Waals surface area contributed by atoms with Crippen LogP contribution < -0.4 is 0 Å². The van der Waals surface area contributed by atoms with Crippen LogP contribution in [0.2, 0.25) is 5.02 Å². The fourth-order valence-electron chi connectivity index (χ4n) is 3.06. The Kier molecular flexibility index (Phi) is 4.26. The third-order valence-corrected chi connectivity index (χ3v) is 6.29. The van der Waals surface area contributed by atoms with Gasteiger partial charge < -0.3 is 0 Å². The number of hydrogen-bond donors (Lipinski definition) is 0. The standard InChI is InChI=1S/C17H18ClNO2S/c1-13-6-2-3-9-16(13)17-10-5-11-19(17)22(20,21)15-8-4-7-14(18)12-15/h2-4,6-9,12,17H,5,10-11H2,1H3. The molecule has 2 aromatic rings. The first kappa shape index (κ1) is 15.5. The molecule has 1 heterocycles. The molecule has 0 bridgehead atoms. The Balaban J connectivity index is 2.01. The van der Waals surface area contributed by atoms with Gasteiger partial charge in [-0.05, 0) is 49.1 Å². The van der Waals surface area contributed by atoms with Crippen molar-refractivity contribution in [2.45, 2.75) is 30.7 Å². The molecule has 1 fully saturated rings. The van der Waals surface area contributed by atoms with Gasteiger partial charge in [0.05, 0.1) is 10.9 Å². The van der Waals surface area contributed by atoms with E-state index in [0.29, 0.717) is 11.6 Å². The van der Waals surface area contributed by atoms with Crippen LogP contribution in [0.15, 0.2) is 53.4 Å². The lowest BCUT2D eigenvalue weighted by Crippen LogP contribution is -2.31. The van der Waals surface area contributed by atoms with Crippen LogP contribution in [0.1, 0.15) is 30.0 Å². The van der Waals surface area contributed by atoms with Gasteiger partial charge in [0.15, 0.2) is 0 Å². The summed E-state index contributed by atoms with van der Waals surface area (Å²) in [5, 5.41) is 0.438. The lowest BCUT2D eigenvalue weighted by atomic mass is 10.0. The number of rotatable bonds is 3. The van der Waals surface area contributed by atoms with E-state index in [9.17, 15) is 8.42 Å². The molecule has 22 heavy (non-hydrogen) atoms. The lowest BCUT2D eigenvalue weighted by molar-refractivity contribution is 0.395. The normalized spacial score (nSPS) is 19.5. The Labute approximate surface area is 136 Å². The van der Waals surface area contributed by atoms with Gasteiger partial charge in [-0.3, -0.25) is 0 Å². The third kappa shape index (κ3) is 2.78. The van der Waals surface area contributed by atoms with Crippen molar-refractivity contribution in [3.63, 3.8) is 0 Å². The average Bonchev–Trinajstić information content (AvgIpc) is 2.98. The van der Waals surface area contributed by atoms with Gasteiger partial charge in [0.25, 0.3) is 0 Å². The molecular formula is C17H18ClNO2S. The van der Waals surface area contributed by atoms with Crippen molar-refractivity contribution in [1.29, 1.82) is 0 Å². The van der Waals surface area contributed by atoms with E-state index < -0.39 is 10.0 Å². The van der Waals surface area contributed by atoms with Crippen LogP contribution in [0, 0.1) is 6.92 Å². The minimum absolute atomic E-state index is 0.0924. The molecule has 0 aromatic heterocycles. The van der Waals surface area contributed by atoms with Gasteiger partial charge >= 0.3 is 0 Å². The molecule has 0 amide bonds. The van der Waals surface area contributed by atoms with E-state index in [-0.39, 0.29) is 10.9 Å². The van der Waals surface area contributed by atoms with E-state index >= 15 is 0 Å². The van der Waals surface area contributed by atoms with E-state index in [0.717, 1.165) is 24.0 Å². The number of aryl methyl sites for hydroxylation is 1. The quantitative estimate of drug-likeness (QED) is 0.844. The summed E-state index contributed by atoms with van der Waals surface area (Å²) in [7, 11) is -3.53. The predicted molar refractivity (Wildman–Crippen MR) is 88.5 cm³/mol. The Morgan fingerprint density at radius 2 is 1.91 bits per heavy atom. The molecule has 3 nitrogen and oxygen atoms in total. The van der Waals surface area contributed by atoms with E-state index in [1.54, 1.807) is 22.5 Å². The van der Waals surface area contributed by atoms with Crippen LogP contribution in [-0.2, 0) is 10.0 Å². The first-order chi connectivity index (χ1) is 10.5. The Morgan fingerprint density at radius 1 is 1.14 bits per heavy atom. The molecule has 0 radical (unpaired) electrons. The smallest absolute Gasteiger partial charge is 0.207 e. The van der Waals surface area contributed by atoms with Crippen LogP contribution in [0.25, 0.3) is 0 Å². The first-order valence-corrected chi connectivity index (χ1v) is 9.15. The highest BCUT2D eigenvalue weighted by molar-refractivity contribution is 7.89. The Morgan fingerprint density at radius 3 is 2.64 bits per heavy atom. The van der Waals surface area contributed by atoms with Gasteiger partial charge in [-0.2, -0.15) is 4.31 Å². The molecule has 0 N–H and O–H groups in total. The van der Waals surface area contributed by atoms with Gasteiger partial charge in [-0.15, -0.1) is 0 Å². The highest BCUT2D eigenvalue weighted by Gasteiger charge is 2.36. The molecule has 0 aliphatic carbocycles. The summed E-state index contributed by atoms with van der Waals surface area (Å²) in [5.74, 6) is 0. The predicted octanol–water partition coefficient (Wildman–Crippen LogP) is 4.17. The highest BCUT2D eigenvalue weighted by atomic mass is 35.5. The first-order valence-electron chi connectivity index (χ1n) is 7.33. The lowest BCUT2D eigenvalue weighted by Gasteiger charge is -2.25. The summed E-state index contributed by atoms with van der Waals surface area (Å²) in [6, 6.07) is 14.4. The van der Waals surface area contributed by atoms with Crippen molar-refractivity contribution < 1.29 is 8.42 Å². The van der Waals surface area contributed by atoms with Gasteiger partial charge in [-0.1, -0.05) is 41.9 Å². The zero-order valence-corrected chi connectivity index (χ0v) is 13.9. The van der Waals surface area contributed by atoms with Crippen molar-refractivity contribution in [2.75, 3.05) is 6.54 Å². The van der Waals surface area contributed by atoms with E-state index in [2.05, 4.69) is 0 Å². The summed E-state index contributed by atoms with van der Waals surface area (Å²) in [6.45, 7) is 2.58. The van der Waals surface area contributed by atoms with E-state index in [1.807, 2.05) is 31.2 Å². The zero-order chi connectivity index (χ0) is 15.7. The second-order valence-corrected chi connectivity index (χ2v) is 7.91. The van der Waals surface area contributed by atoms with Crippen molar-refractivity contribution in [3.8, 4) is 0 Å². The van der Waals surface area contributed by atoms with Gasteiger partial charge in [0, 0.05) is 11.6 Å². The average molecular weight is 336 g/mol. The maximum absolute atomic E-state index is 12.9. The summed E-state index contributed by atoms with van der Waals surface area (Å²) < 4.78 is 27.5. The summed E-state index contributed by atoms with van der Waals surface area (Å²) in [6.07, 6.45) is 1.73. The molecule has 116 valence electrons. The maximum atomic E-state index is 12.9. The van der Waals surface area contributed by atoms with Gasteiger partial charge in [-0.25, -0.2) is 8.42 Å². The summed E-state index contributed by atoms with van der Waals surface area (Å²) in [5.41, 5.74) is 2.21. The molecule has 0 spiro atoms.